The first-order valence-corrected chi connectivity index (χ1v) is 6.48. The van der Waals surface area contributed by atoms with Crippen LogP contribution in [0.4, 0.5) is 5.82 Å². The van der Waals surface area contributed by atoms with Crippen molar-refractivity contribution in [3.63, 3.8) is 0 Å². The number of anilines is 1. The van der Waals surface area contributed by atoms with Gasteiger partial charge < -0.3 is 10.5 Å². The average molecular weight is 275 g/mol. The van der Waals surface area contributed by atoms with Gasteiger partial charge in [0.25, 0.3) is 0 Å². The van der Waals surface area contributed by atoms with Crippen LogP contribution in [0.1, 0.15) is 5.56 Å². The minimum absolute atomic E-state index is 0.233. The zero-order valence-electron chi connectivity index (χ0n) is 11.5. The Balaban J connectivity index is 2.48. The Hall–Kier alpha value is -3.06. The number of fused-ring (bicyclic) bond motifs is 1. The van der Waals surface area contributed by atoms with Crippen molar-refractivity contribution in [1.82, 2.24) is 4.98 Å². The van der Waals surface area contributed by atoms with Crippen molar-refractivity contribution in [2.75, 3.05) is 12.8 Å². The van der Waals surface area contributed by atoms with Crippen molar-refractivity contribution in [1.29, 1.82) is 5.26 Å². The van der Waals surface area contributed by atoms with Crippen LogP contribution in [0.3, 0.4) is 0 Å². The fourth-order valence-electron chi connectivity index (χ4n) is 2.48. The van der Waals surface area contributed by atoms with Crippen molar-refractivity contribution in [2.24, 2.45) is 0 Å². The maximum Gasteiger partial charge on any atom is 0.142 e. The highest BCUT2D eigenvalue weighted by Crippen LogP contribution is 2.38. The van der Waals surface area contributed by atoms with Crippen molar-refractivity contribution in [3.8, 4) is 22.9 Å². The average Bonchev–Trinajstić information content (AvgIpc) is 2.53. The molecule has 102 valence electrons. The zero-order valence-corrected chi connectivity index (χ0v) is 11.5. The van der Waals surface area contributed by atoms with E-state index in [9.17, 15) is 5.26 Å². The molecular formula is C17H13N3O. The number of nitrogens with two attached hydrogens (primary N) is 1. The Kier molecular flexibility index (Phi) is 3.17. The molecule has 0 amide bonds. The first-order chi connectivity index (χ1) is 10.3. The lowest BCUT2D eigenvalue weighted by molar-refractivity contribution is 0.416. The van der Waals surface area contributed by atoms with E-state index in [2.05, 4.69) is 11.1 Å². The standard InChI is InChI=1S/C17H13N3O/c1-21-15-9-5-3-7-12(15)16-11-6-2-4-8-14(11)20-17(19)13(16)10-18/h2-9H,1H3,(H2,19,20). The van der Waals surface area contributed by atoms with Gasteiger partial charge in [-0.1, -0.05) is 36.4 Å². The molecule has 0 aliphatic heterocycles. The molecule has 0 spiro atoms. The number of ether oxygens (including phenoxy) is 1. The van der Waals surface area contributed by atoms with E-state index < -0.39 is 0 Å². The molecule has 3 rings (SSSR count). The molecule has 21 heavy (non-hydrogen) atoms. The second-order valence-corrected chi connectivity index (χ2v) is 4.58. The summed E-state index contributed by atoms with van der Waals surface area (Å²) in [6, 6.07) is 17.4. The number of rotatable bonds is 2. The van der Waals surface area contributed by atoms with Crippen LogP contribution in [0.2, 0.25) is 0 Å². The van der Waals surface area contributed by atoms with E-state index in [0.717, 1.165) is 22.0 Å². The van der Waals surface area contributed by atoms with Crippen LogP contribution in [0.5, 0.6) is 5.75 Å². The number of benzene rings is 2. The molecular weight excluding hydrogens is 262 g/mol. The summed E-state index contributed by atoms with van der Waals surface area (Å²) in [5.74, 6) is 0.932. The lowest BCUT2D eigenvalue weighted by Crippen LogP contribution is -2.00. The second-order valence-electron chi connectivity index (χ2n) is 4.58. The monoisotopic (exact) mass is 275 g/mol. The lowest BCUT2D eigenvalue weighted by atomic mass is 9.95. The van der Waals surface area contributed by atoms with E-state index in [1.807, 2.05) is 48.5 Å². The van der Waals surface area contributed by atoms with Gasteiger partial charge in [0.15, 0.2) is 0 Å². The predicted molar refractivity (Wildman–Crippen MR) is 82.9 cm³/mol. The molecule has 1 heterocycles. The van der Waals surface area contributed by atoms with Crippen molar-refractivity contribution >= 4 is 16.7 Å². The van der Waals surface area contributed by atoms with Crippen LogP contribution >= 0.6 is 0 Å². The fourth-order valence-corrected chi connectivity index (χ4v) is 2.48. The summed E-state index contributed by atoms with van der Waals surface area (Å²) in [6.07, 6.45) is 0. The SMILES string of the molecule is COc1ccccc1-c1c(C#N)c(N)nc2ccccc12. The molecule has 0 bridgehead atoms. The molecule has 0 saturated carbocycles. The smallest absolute Gasteiger partial charge is 0.142 e. The summed E-state index contributed by atoms with van der Waals surface area (Å²) in [4.78, 5) is 4.30. The number of aromatic nitrogens is 1. The molecule has 2 aromatic carbocycles. The van der Waals surface area contributed by atoms with Gasteiger partial charge in [-0.3, -0.25) is 0 Å². The summed E-state index contributed by atoms with van der Waals surface area (Å²) < 4.78 is 5.42. The molecule has 0 aliphatic carbocycles. The number of nitrogen functional groups attached to an aromatic ring is 1. The van der Waals surface area contributed by atoms with Gasteiger partial charge in [-0.05, 0) is 12.1 Å². The van der Waals surface area contributed by atoms with Crippen LogP contribution in [0, 0.1) is 11.3 Å². The number of nitriles is 1. The Morgan fingerprint density at radius 3 is 2.57 bits per heavy atom. The topological polar surface area (TPSA) is 71.9 Å². The first kappa shape index (κ1) is 12.9. The quantitative estimate of drug-likeness (QED) is 0.778. The zero-order chi connectivity index (χ0) is 14.8. The molecule has 4 nitrogen and oxygen atoms in total. The largest absolute Gasteiger partial charge is 0.496 e. The molecule has 4 heteroatoms. The third kappa shape index (κ3) is 2.05. The molecule has 0 radical (unpaired) electrons. The van der Waals surface area contributed by atoms with Crippen LogP contribution in [-0.2, 0) is 0 Å². The predicted octanol–water partition coefficient (Wildman–Crippen LogP) is 3.36. The Bertz CT molecular complexity index is 866. The van der Waals surface area contributed by atoms with Crippen molar-refractivity contribution in [3.05, 3.63) is 54.1 Å². The minimum atomic E-state index is 0.233. The highest BCUT2D eigenvalue weighted by Gasteiger charge is 2.17. The molecule has 0 aliphatic rings. The molecule has 1 aromatic heterocycles. The van der Waals surface area contributed by atoms with Crippen LogP contribution in [-0.4, -0.2) is 12.1 Å². The normalized spacial score (nSPS) is 10.3. The number of hydrogen-bond acceptors (Lipinski definition) is 4. The maximum atomic E-state index is 9.47. The van der Waals surface area contributed by atoms with Gasteiger partial charge in [0.1, 0.15) is 23.2 Å². The van der Waals surface area contributed by atoms with E-state index >= 15 is 0 Å². The van der Waals surface area contributed by atoms with Crippen molar-refractivity contribution < 1.29 is 4.74 Å². The van der Waals surface area contributed by atoms with Crippen LogP contribution in [0.25, 0.3) is 22.0 Å². The fraction of sp³-hybridized carbons (Fsp3) is 0.0588. The Morgan fingerprint density at radius 2 is 1.81 bits per heavy atom. The van der Waals surface area contributed by atoms with Gasteiger partial charge in [-0.25, -0.2) is 4.98 Å². The van der Waals surface area contributed by atoms with E-state index in [-0.39, 0.29) is 5.82 Å². The van der Waals surface area contributed by atoms with Crippen molar-refractivity contribution in [2.45, 2.75) is 0 Å². The van der Waals surface area contributed by atoms with Gasteiger partial charge in [-0.2, -0.15) is 5.26 Å². The first-order valence-electron chi connectivity index (χ1n) is 6.48. The third-order valence-corrected chi connectivity index (χ3v) is 3.41. The van der Waals surface area contributed by atoms with Gasteiger partial charge in [0.05, 0.1) is 12.6 Å². The van der Waals surface area contributed by atoms with Gasteiger partial charge in [0.2, 0.25) is 0 Å². The summed E-state index contributed by atoms with van der Waals surface area (Å²) in [6.45, 7) is 0. The molecule has 0 unspecified atom stereocenters. The summed E-state index contributed by atoms with van der Waals surface area (Å²) in [5.41, 5.74) is 8.68. The van der Waals surface area contributed by atoms with Gasteiger partial charge in [-0.15, -0.1) is 0 Å². The molecule has 0 atom stereocenters. The number of hydrogen-bond donors (Lipinski definition) is 1. The molecule has 3 aromatic rings. The van der Waals surface area contributed by atoms with Crippen LogP contribution < -0.4 is 10.5 Å². The molecule has 2 N–H and O–H groups in total. The Morgan fingerprint density at radius 1 is 1.10 bits per heavy atom. The summed E-state index contributed by atoms with van der Waals surface area (Å²) in [5, 5.41) is 10.4. The summed E-state index contributed by atoms with van der Waals surface area (Å²) >= 11 is 0. The number of nitrogens with zero attached hydrogens (tertiary/aromatic N) is 2. The van der Waals surface area contributed by atoms with Gasteiger partial charge in [0, 0.05) is 16.5 Å². The van der Waals surface area contributed by atoms with E-state index in [1.54, 1.807) is 7.11 Å². The second kappa shape index (κ2) is 5.14. The lowest BCUT2D eigenvalue weighted by Gasteiger charge is -2.13. The minimum Gasteiger partial charge on any atom is -0.496 e. The van der Waals surface area contributed by atoms with Crippen LogP contribution in [0.15, 0.2) is 48.5 Å². The number of para-hydroxylation sites is 2. The maximum absolute atomic E-state index is 9.47. The Labute approximate surface area is 122 Å². The number of pyridine rings is 1. The third-order valence-electron chi connectivity index (χ3n) is 3.41. The molecule has 0 saturated heterocycles. The highest BCUT2D eigenvalue weighted by molar-refractivity contribution is 6.00. The van der Waals surface area contributed by atoms with Gasteiger partial charge >= 0.3 is 0 Å². The number of methoxy groups -OCH3 is 1. The molecule has 0 fully saturated rings. The summed E-state index contributed by atoms with van der Waals surface area (Å²) in [7, 11) is 1.61. The van der Waals surface area contributed by atoms with E-state index in [1.165, 1.54) is 0 Å². The van der Waals surface area contributed by atoms with E-state index in [0.29, 0.717) is 11.3 Å². The van der Waals surface area contributed by atoms with E-state index in [4.69, 9.17) is 10.5 Å². The highest BCUT2D eigenvalue weighted by atomic mass is 16.5.